The van der Waals surface area contributed by atoms with E-state index in [4.69, 9.17) is 4.74 Å². The van der Waals surface area contributed by atoms with Crippen molar-refractivity contribution in [1.82, 2.24) is 9.78 Å². The molecule has 106 valence electrons. The van der Waals surface area contributed by atoms with E-state index in [1.165, 1.54) is 0 Å². The number of ether oxygens (including phenoxy) is 1. The molecule has 0 bridgehead atoms. The second-order valence-electron chi connectivity index (χ2n) is 4.32. The summed E-state index contributed by atoms with van der Waals surface area (Å²) in [5.74, 6) is 0.443. The van der Waals surface area contributed by atoms with Crippen molar-refractivity contribution >= 4 is 27.5 Å². The lowest BCUT2D eigenvalue weighted by Gasteiger charge is -2.08. The SMILES string of the molecule is CCc1nn(C)cc1NC(=O)c1cc(OC)ccc1Br. The second kappa shape index (κ2) is 6.09. The number of halogens is 1. The van der Waals surface area contributed by atoms with Gasteiger partial charge in [-0.1, -0.05) is 6.92 Å². The van der Waals surface area contributed by atoms with Gasteiger partial charge in [-0.3, -0.25) is 9.48 Å². The summed E-state index contributed by atoms with van der Waals surface area (Å²) in [5, 5.41) is 7.18. The summed E-state index contributed by atoms with van der Waals surface area (Å²) >= 11 is 3.38. The predicted molar refractivity (Wildman–Crippen MR) is 81.2 cm³/mol. The van der Waals surface area contributed by atoms with Crippen LogP contribution in [0.3, 0.4) is 0 Å². The summed E-state index contributed by atoms with van der Waals surface area (Å²) < 4.78 is 7.55. The Hall–Kier alpha value is -1.82. The summed E-state index contributed by atoms with van der Waals surface area (Å²) in [7, 11) is 3.40. The fourth-order valence-corrected chi connectivity index (χ4v) is 2.32. The molecule has 0 spiro atoms. The summed E-state index contributed by atoms with van der Waals surface area (Å²) in [6.07, 6.45) is 2.56. The van der Waals surface area contributed by atoms with Crippen LogP contribution in [0.25, 0.3) is 0 Å². The van der Waals surface area contributed by atoms with E-state index >= 15 is 0 Å². The fourth-order valence-electron chi connectivity index (χ4n) is 1.90. The van der Waals surface area contributed by atoms with Gasteiger partial charge in [0.2, 0.25) is 0 Å². The third kappa shape index (κ3) is 3.01. The molecular formula is C14H16BrN3O2. The Kier molecular flexibility index (Phi) is 4.44. The quantitative estimate of drug-likeness (QED) is 0.932. The van der Waals surface area contributed by atoms with Crippen molar-refractivity contribution in [2.75, 3.05) is 12.4 Å². The molecule has 2 rings (SSSR count). The molecule has 0 saturated carbocycles. The Morgan fingerprint density at radius 3 is 2.90 bits per heavy atom. The first-order chi connectivity index (χ1) is 9.55. The molecule has 1 aromatic heterocycles. The lowest BCUT2D eigenvalue weighted by Crippen LogP contribution is -2.13. The molecular weight excluding hydrogens is 322 g/mol. The van der Waals surface area contributed by atoms with Crippen molar-refractivity contribution in [3.05, 3.63) is 40.1 Å². The Balaban J connectivity index is 2.27. The van der Waals surface area contributed by atoms with Crippen LogP contribution in [0.4, 0.5) is 5.69 Å². The molecule has 0 atom stereocenters. The molecule has 0 saturated heterocycles. The first-order valence-electron chi connectivity index (χ1n) is 6.22. The Morgan fingerprint density at radius 2 is 2.25 bits per heavy atom. The van der Waals surface area contributed by atoms with Gasteiger partial charge in [0.1, 0.15) is 5.75 Å². The average Bonchev–Trinajstić information content (AvgIpc) is 2.79. The predicted octanol–water partition coefficient (Wildman–Crippen LogP) is 3.01. The van der Waals surface area contributed by atoms with Crippen LogP contribution in [0.5, 0.6) is 5.75 Å². The number of amides is 1. The number of benzene rings is 1. The largest absolute Gasteiger partial charge is 0.497 e. The number of carbonyl (C=O) groups excluding carboxylic acids is 1. The Bertz CT molecular complexity index is 637. The topological polar surface area (TPSA) is 56.2 Å². The van der Waals surface area contributed by atoms with E-state index in [0.717, 1.165) is 22.3 Å². The van der Waals surface area contributed by atoms with Crippen LogP contribution in [0.15, 0.2) is 28.9 Å². The standard InChI is InChI=1S/C14H16BrN3O2/c1-4-12-13(8-18(2)17-12)16-14(19)10-7-9(20-3)5-6-11(10)15/h5-8H,4H2,1-3H3,(H,16,19). The molecule has 0 aliphatic carbocycles. The molecule has 1 aromatic carbocycles. The molecule has 0 radical (unpaired) electrons. The number of aromatic nitrogens is 2. The smallest absolute Gasteiger partial charge is 0.257 e. The van der Waals surface area contributed by atoms with Gasteiger partial charge >= 0.3 is 0 Å². The van der Waals surface area contributed by atoms with Crippen molar-refractivity contribution in [2.24, 2.45) is 7.05 Å². The number of methoxy groups -OCH3 is 1. The van der Waals surface area contributed by atoms with Crippen molar-refractivity contribution in [2.45, 2.75) is 13.3 Å². The number of carbonyl (C=O) groups is 1. The maximum atomic E-state index is 12.3. The van der Waals surface area contributed by atoms with Crippen LogP contribution in [0.1, 0.15) is 23.0 Å². The van der Waals surface area contributed by atoms with Gasteiger partial charge < -0.3 is 10.1 Å². The van der Waals surface area contributed by atoms with Gasteiger partial charge in [0.05, 0.1) is 24.1 Å². The van der Waals surface area contributed by atoms with E-state index in [1.807, 2.05) is 14.0 Å². The van der Waals surface area contributed by atoms with E-state index in [9.17, 15) is 4.79 Å². The van der Waals surface area contributed by atoms with E-state index in [-0.39, 0.29) is 5.91 Å². The highest BCUT2D eigenvalue weighted by Gasteiger charge is 2.14. The van der Waals surface area contributed by atoms with Gasteiger partial charge in [0.15, 0.2) is 0 Å². The zero-order valence-electron chi connectivity index (χ0n) is 11.6. The molecule has 0 aliphatic rings. The molecule has 1 heterocycles. The van der Waals surface area contributed by atoms with Gasteiger partial charge in [-0.25, -0.2) is 0 Å². The zero-order chi connectivity index (χ0) is 14.7. The number of nitrogens with zero attached hydrogens (tertiary/aromatic N) is 2. The average molecular weight is 338 g/mol. The first kappa shape index (κ1) is 14.6. The summed E-state index contributed by atoms with van der Waals surface area (Å²) in [6.45, 7) is 2.00. The van der Waals surface area contributed by atoms with Crippen LogP contribution < -0.4 is 10.1 Å². The number of anilines is 1. The maximum absolute atomic E-state index is 12.3. The van der Waals surface area contributed by atoms with Gasteiger partial charge in [0.25, 0.3) is 5.91 Å². The van der Waals surface area contributed by atoms with Crippen LogP contribution in [0.2, 0.25) is 0 Å². The molecule has 2 aromatic rings. The third-order valence-electron chi connectivity index (χ3n) is 2.91. The summed E-state index contributed by atoms with van der Waals surface area (Å²) in [6, 6.07) is 5.28. The minimum absolute atomic E-state index is 0.196. The van der Waals surface area contributed by atoms with Crippen LogP contribution in [0, 0.1) is 0 Å². The Morgan fingerprint density at radius 1 is 1.50 bits per heavy atom. The number of hydrogen-bond acceptors (Lipinski definition) is 3. The molecule has 6 heteroatoms. The van der Waals surface area contributed by atoms with E-state index in [0.29, 0.717) is 11.3 Å². The Labute approximate surface area is 126 Å². The molecule has 5 nitrogen and oxygen atoms in total. The maximum Gasteiger partial charge on any atom is 0.257 e. The highest BCUT2D eigenvalue weighted by molar-refractivity contribution is 9.10. The molecule has 1 N–H and O–H groups in total. The third-order valence-corrected chi connectivity index (χ3v) is 3.60. The second-order valence-corrected chi connectivity index (χ2v) is 5.17. The molecule has 20 heavy (non-hydrogen) atoms. The fraction of sp³-hybridized carbons (Fsp3) is 0.286. The van der Waals surface area contributed by atoms with E-state index in [2.05, 4.69) is 26.3 Å². The number of nitrogens with one attached hydrogen (secondary N) is 1. The van der Waals surface area contributed by atoms with Gasteiger partial charge in [0, 0.05) is 17.7 Å². The summed E-state index contributed by atoms with van der Waals surface area (Å²) in [4.78, 5) is 12.3. The molecule has 0 aliphatic heterocycles. The van der Waals surface area contributed by atoms with E-state index in [1.54, 1.807) is 36.2 Å². The highest BCUT2D eigenvalue weighted by atomic mass is 79.9. The molecule has 0 fully saturated rings. The van der Waals surface area contributed by atoms with Crippen LogP contribution in [-0.2, 0) is 13.5 Å². The van der Waals surface area contributed by atoms with Gasteiger partial charge in [-0.05, 0) is 40.5 Å². The van der Waals surface area contributed by atoms with Crippen molar-refractivity contribution in [3.8, 4) is 5.75 Å². The molecule has 1 amide bonds. The van der Waals surface area contributed by atoms with Crippen molar-refractivity contribution in [1.29, 1.82) is 0 Å². The minimum Gasteiger partial charge on any atom is -0.497 e. The normalized spacial score (nSPS) is 10.4. The molecule has 0 unspecified atom stereocenters. The lowest BCUT2D eigenvalue weighted by molar-refractivity contribution is 0.102. The van der Waals surface area contributed by atoms with Crippen molar-refractivity contribution < 1.29 is 9.53 Å². The van der Waals surface area contributed by atoms with Crippen molar-refractivity contribution in [3.63, 3.8) is 0 Å². The summed E-state index contributed by atoms with van der Waals surface area (Å²) in [5.41, 5.74) is 2.12. The number of rotatable bonds is 4. The highest BCUT2D eigenvalue weighted by Crippen LogP contribution is 2.24. The van der Waals surface area contributed by atoms with E-state index < -0.39 is 0 Å². The van der Waals surface area contributed by atoms with Crippen LogP contribution in [-0.4, -0.2) is 22.8 Å². The minimum atomic E-state index is -0.196. The zero-order valence-corrected chi connectivity index (χ0v) is 13.2. The lowest BCUT2D eigenvalue weighted by atomic mass is 10.2. The van der Waals surface area contributed by atoms with Crippen LogP contribution >= 0.6 is 15.9 Å². The number of aryl methyl sites for hydroxylation is 2. The van der Waals surface area contributed by atoms with Gasteiger partial charge in [-0.2, -0.15) is 5.10 Å². The van der Waals surface area contributed by atoms with Gasteiger partial charge in [-0.15, -0.1) is 0 Å². The monoisotopic (exact) mass is 337 g/mol. The number of hydrogen-bond donors (Lipinski definition) is 1. The first-order valence-corrected chi connectivity index (χ1v) is 7.01.